The molecule has 0 saturated carbocycles. The quantitative estimate of drug-likeness (QED) is 0.625. The van der Waals surface area contributed by atoms with E-state index in [1.807, 2.05) is 29.2 Å². The highest BCUT2D eigenvalue weighted by molar-refractivity contribution is 6.09. The second-order valence-corrected chi connectivity index (χ2v) is 8.02. The third kappa shape index (κ3) is 5.18. The third-order valence-corrected chi connectivity index (χ3v) is 5.90. The van der Waals surface area contributed by atoms with Crippen LogP contribution < -0.4 is 15.0 Å². The number of rotatable bonds is 5. The minimum Gasteiger partial charge on any atom is -0.497 e. The molecule has 0 unspecified atom stereocenters. The molecule has 4 rings (SSSR count). The van der Waals surface area contributed by atoms with Crippen molar-refractivity contribution >= 4 is 23.2 Å². The lowest BCUT2D eigenvalue weighted by Crippen LogP contribution is -2.35. The molecule has 0 spiro atoms. The van der Waals surface area contributed by atoms with Crippen molar-refractivity contribution in [1.29, 1.82) is 5.26 Å². The first-order valence-corrected chi connectivity index (χ1v) is 11.2. The third-order valence-electron chi connectivity index (χ3n) is 5.90. The zero-order valence-electron chi connectivity index (χ0n) is 19.0. The molecule has 1 aliphatic rings. The molecule has 2 amide bonds. The average Bonchev–Trinajstić information content (AvgIpc) is 3.15. The Morgan fingerprint density at radius 3 is 2.35 bits per heavy atom. The van der Waals surface area contributed by atoms with Crippen LogP contribution in [0.1, 0.15) is 32.7 Å². The van der Waals surface area contributed by atoms with Gasteiger partial charge in [-0.05, 0) is 67.1 Å². The molecule has 3 aromatic rings. The van der Waals surface area contributed by atoms with Crippen LogP contribution in [0.3, 0.4) is 0 Å². The molecule has 3 aromatic carbocycles. The minimum atomic E-state index is -0.286. The fraction of sp³-hybridized carbons (Fsp3) is 0.222. The number of ether oxygens (including phenoxy) is 1. The topological polar surface area (TPSA) is 85.7 Å². The van der Waals surface area contributed by atoms with E-state index in [4.69, 9.17) is 10.00 Å². The normalized spacial score (nSPS) is 13.5. The number of para-hydroxylation sites is 1. The van der Waals surface area contributed by atoms with Crippen molar-refractivity contribution in [3.8, 4) is 11.8 Å². The number of nitrogens with one attached hydrogen (secondary N) is 1. The molecule has 0 atom stereocenters. The monoisotopic (exact) mass is 454 g/mol. The number of hydrogen-bond donors (Lipinski definition) is 1. The van der Waals surface area contributed by atoms with E-state index in [0.717, 1.165) is 18.7 Å². The highest BCUT2D eigenvalue weighted by Gasteiger charge is 2.23. The SMILES string of the molecule is COc1ccc(C(=O)Nc2ccccc2C(=O)N2CCCN(c3ccc(C#N)cc3)CC2)cc1. The van der Waals surface area contributed by atoms with E-state index in [1.165, 1.54) is 0 Å². The number of benzene rings is 3. The maximum Gasteiger partial charge on any atom is 0.256 e. The molecule has 1 aliphatic heterocycles. The molecular formula is C27H26N4O3. The molecule has 1 N–H and O–H groups in total. The van der Waals surface area contributed by atoms with Gasteiger partial charge in [0.2, 0.25) is 0 Å². The second-order valence-electron chi connectivity index (χ2n) is 8.02. The molecule has 0 radical (unpaired) electrons. The molecule has 172 valence electrons. The van der Waals surface area contributed by atoms with Gasteiger partial charge >= 0.3 is 0 Å². The summed E-state index contributed by atoms with van der Waals surface area (Å²) in [5, 5.41) is 11.9. The van der Waals surface area contributed by atoms with Crippen LogP contribution in [0.25, 0.3) is 0 Å². The number of carbonyl (C=O) groups is 2. The van der Waals surface area contributed by atoms with Gasteiger partial charge in [-0.3, -0.25) is 9.59 Å². The van der Waals surface area contributed by atoms with E-state index in [2.05, 4.69) is 16.3 Å². The average molecular weight is 455 g/mol. The molecule has 0 aromatic heterocycles. The molecule has 1 saturated heterocycles. The minimum absolute atomic E-state index is 0.104. The number of anilines is 2. The van der Waals surface area contributed by atoms with Crippen LogP contribution in [0.2, 0.25) is 0 Å². The second kappa shape index (κ2) is 10.5. The van der Waals surface area contributed by atoms with Crippen LogP contribution in [0, 0.1) is 11.3 Å². The Morgan fingerprint density at radius 2 is 1.65 bits per heavy atom. The fourth-order valence-corrected chi connectivity index (χ4v) is 4.01. The van der Waals surface area contributed by atoms with Crippen molar-refractivity contribution < 1.29 is 14.3 Å². The maximum atomic E-state index is 13.4. The first-order valence-electron chi connectivity index (χ1n) is 11.2. The summed E-state index contributed by atoms with van der Waals surface area (Å²) < 4.78 is 5.14. The van der Waals surface area contributed by atoms with Crippen molar-refractivity contribution in [2.45, 2.75) is 6.42 Å². The lowest BCUT2D eigenvalue weighted by molar-refractivity contribution is 0.0768. The van der Waals surface area contributed by atoms with E-state index >= 15 is 0 Å². The van der Waals surface area contributed by atoms with Gasteiger partial charge in [0.25, 0.3) is 11.8 Å². The Balaban J connectivity index is 1.45. The molecule has 7 nitrogen and oxygen atoms in total. The maximum absolute atomic E-state index is 13.4. The van der Waals surface area contributed by atoms with E-state index in [0.29, 0.717) is 47.8 Å². The fourth-order valence-electron chi connectivity index (χ4n) is 4.01. The predicted octanol–water partition coefficient (Wildman–Crippen LogP) is 4.17. The van der Waals surface area contributed by atoms with Gasteiger partial charge in [0.05, 0.1) is 30.0 Å². The van der Waals surface area contributed by atoms with Crippen LogP contribution in [-0.2, 0) is 0 Å². The van der Waals surface area contributed by atoms with E-state index in [1.54, 1.807) is 55.6 Å². The van der Waals surface area contributed by atoms with Gasteiger partial charge in [-0.25, -0.2) is 0 Å². The van der Waals surface area contributed by atoms with Crippen molar-refractivity contribution in [2.24, 2.45) is 0 Å². The Kier molecular flexibility index (Phi) is 7.09. The lowest BCUT2D eigenvalue weighted by atomic mass is 10.1. The van der Waals surface area contributed by atoms with Crippen LogP contribution >= 0.6 is 0 Å². The number of nitriles is 1. The summed E-state index contributed by atoms with van der Waals surface area (Å²) in [6.45, 7) is 2.72. The van der Waals surface area contributed by atoms with E-state index < -0.39 is 0 Å². The van der Waals surface area contributed by atoms with Crippen molar-refractivity contribution in [1.82, 2.24) is 4.90 Å². The first kappa shape index (κ1) is 22.9. The summed E-state index contributed by atoms with van der Waals surface area (Å²) >= 11 is 0. The highest BCUT2D eigenvalue weighted by atomic mass is 16.5. The van der Waals surface area contributed by atoms with Crippen LogP contribution in [0.4, 0.5) is 11.4 Å². The molecular weight excluding hydrogens is 428 g/mol. The van der Waals surface area contributed by atoms with Crippen LogP contribution in [-0.4, -0.2) is 50.0 Å². The van der Waals surface area contributed by atoms with E-state index in [9.17, 15) is 9.59 Å². The number of amides is 2. The lowest BCUT2D eigenvalue weighted by Gasteiger charge is -2.24. The summed E-state index contributed by atoms with van der Waals surface area (Å²) in [6.07, 6.45) is 0.826. The Labute approximate surface area is 199 Å². The number of methoxy groups -OCH3 is 1. The Hall–Kier alpha value is -4.31. The molecule has 0 bridgehead atoms. The van der Waals surface area contributed by atoms with Crippen LogP contribution in [0.15, 0.2) is 72.8 Å². The number of carbonyl (C=O) groups excluding carboxylic acids is 2. The molecule has 7 heteroatoms. The summed E-state index contributed by atoms with van der Waals surface area (Å²) in [7, 11) is 1.57. The Morgan fingerprint density at radius 1 is 0.912 bits per heavy atom. The van der Waals surface area contributed by atoms with Gasteiger partial charge in [-0.1, -0.05) is 12.1 Å². The van der Waals surface area contributed by atoms with Gasteiger partial charge in [0, 0.05) is 37.4 Å². The summed E-state index contributed by atoms with van der Waals surface area (Å²) in [4.78, 5) is 30.2. The smallest absolute Gasteiger partial charge is 0.256 e. The highest BCUT2D eigenvalue weighted by Crippen LogP contribution is 2.22. The van der Waals surface area contributed by atoms with Gasteiger partial charge < -0.3 is 19.9 Å². The summed E-state index contributed by atoms with van der Waals surface area (Å²) in [6, 6.07) is 23.6. The molecule has 34 heavy (non-hydrogen) atoms. The number of nitrogens with zero attached hydrogens (tertiary/aromatic N) is 3. The zero-order valence-corrected chi connectivity index (χ0v) is 19.0. The van der Waals surface area contributed by atoms with Crippen LogP contribution in [0.5, 0.6) is 5.75 Å². The standard InChI is InChI=1S/C27H26N4O3/c1-34-23-13-9-21(10-14-23)26(32)29-25-6-3-2-5-24(25)27(33)31-16-4-15-30(17-18-31)22-11-7-20(19-28)8-12-22/h2-3,5-14H,4,15-18H2,1H3,(H,29,32). The predicted molar refractivity (Wildman–Crippen MR) is 131 cm³/mol. The molecule has 1 heterocycles. The first-order chi connectivity index (χ1) is 16.6. The molecule has 1 fully saturated rings. The van der Waals surface area contributed by atoms with Gasteiger partial charge in [0.1, 0.15) is 5.75 Å². The number of hydrogen-bond acceptors (Lipinski definition) is 5. The largest absolute Gasteiger partial charge is 0.497 e. The zero-order chi connectivity index (χ0) is 23.9. The van der Waals surface area contributed by atoms with Crippen molar-refractivity contribution in [3.63, 3.8) is 0 Å². The molecule has 0 aliphatic carbocycles. The van der Waals surface area contributed by atoms with Crippen molar-refractivity contribution in [2.75, 3.05) is 43.5 Å². The van der Waals surface area contributed by atoms with Gasteiger partial charge in [-0.15, -0.1) is 0 Å². The van der Waals surface area contributed by atoms with Gasteiger partial charge in [0.15, 0.2) is 0 Å². The summed E-state index contributed by atoms with van der Waals surface area (Å²) in [5.74, 6) is 0.279. The Bertz CT molecular complexity index is 1200. The van der Waals surface area contributed by atoms with E-state index in [-0.39, 0.29) is 11.8 Å². The van der Waals surface area contributed by atoms with Crippen molar-refractivity contribution in [3.05, 3.63) is 89.5 Å². The summed E-state index contributed by atoms with van der Waals surface area (Å²) in [5.41, 5.74) is 3.11. The van der Waals surface area contributed by atoms with Gasteiger partial charge in [-0.2, -0.15) is 5.26 Å².